The fraction of sp³-hybridized carbons (Fsp3) is 0.235. The van der Waals surface area contributed by atoms with Crippen LogP contribution >= 0.6 is 11.6 Å². The molecule has 0 saturated heterocycles. The number of hydrogen-bond acceptors (Lipinski definition) is 7. The molecule has 138 valence electrons. The van der Waals surface area contributed by atoms with Gasteiger partial charge in [0.2, 0.25) is 0 Å². The lowest BCUT2D eigenvalue weighted by molar-refractivity contribution is -0.136. The van der Waals surface area contributed by atoms with Crippen LogP contribution in [0.5, 0.6) is 0 Å². The number of dihydropyridines is 1. The smallest absolute Gasteiger partial charge is 0.336 e. The Morgan fingerprint density at radius 2 is 2.30 bits per heavy atom. The van der Waals surface area contributed by atoms with E-state index < -0.39 is 17.7 Å². The van der Waals surface area contributed by atoms with Crippen molar-refractivity contribution in [3.05, 3.63) is 63.5 Å². The monoisotopic (exact) mass is 388 g/mol. The molecule has 1 aromatic heterocycles. The molecular weight excluding hydrogens is 375 g/mol. The molecule has 0 amide bonds. The van der Waals surface area contributed by atoms with Gasteiger partial charge >= 0.3 is 5.97 Å². The summed E-state index contributed by atoms with van der Waals surface area (Å²) in [4.78, 5) is 12.6. The highest BCUT2D eigenvalue weighted by Gasteiger charge is 2.36. The van der Waals surface area contributed by atoms with E-state index >= 15 is 0 Å². The minimum atomic E-state index is -0.816. The number of halogens is 2. The highest BCUT2D eigenvalue weighted by molar-refractivity contribution is 6.31. The van der Waals surface area contributed by atoms with Gasteiger partial charge in [-0.2, -0.15) is 5.26 Å². The summed E-state index contributed by atoms with van der Waals surface area (Å²) in [5.74, 6) is -1.98. The van der Waals surface area contributed by atoms with Crippen molar-refractivity contribution in [1.82, 2.24) is 25.5 Å². The van der Waals surface area contributed by atoms with Gasteiger partial charge in [-0.15, -0.1) is 5.10 Å². The lowest BCUT2D eigenvalue weighted by Crippen LogP contribution is -2.31. The fourth-order valence-electron chi connectivity index (χ4n) is 2.98. The molecule has 1 N–H and O–H groups in total. The SMILES string of the molecule is COC(=O)C1=C(Cn2cnnn2)NC(C)=C(C#N)C1c1ccc(F)cc1Cl. The van der Waals surface area contributed by atoms with Gasteiger partial charge in [0.15, 0.2) is 0 Å². The fourth-order valence-corrected chi connectivity index (χ4v) is 3.26. The second-order valence-electron chi connectivity index (χ2n) is 5.77. The zero-order valence-electron chi connectivity index (χ0n) is 14.4. The zero-order valence-corrected chi connectivity index (χ0v) is 15.2. The molecule has 0 aliphatic carbocycles. The summed E-state index contributed by atoms with van der Waals surface area (Å²) in [6, 6.07) is 5.93. The van der Waals surface area contributed by atoms with Crippen molar-refractivity contribution >= 4 is 17.6 Å². The topological polar surface area (TPSA) is 106 Å². The normalized spacial score (nSPS) is 16.8. The van der Waals surface area contributed by atoms with Gasteiger partial charge in [-0.05, 0) is 35.0 Å². The van der Waals surface area contributed by atoms with Crippen LogP contribution < -0.4 is 5.32 Å². The number of carbonyl (C=O) groups excluding carboxylic acids is 1. The number of aromatic nitrogens is 4. The number of hydrogen-bond donors (Lipinski definition) is 1. The number of tetrazole rings is 1. The number of benzene rings is 1. The number of nitrogens with zero attached hydrogens (tertiary/aromatic N) is 5. The van der Waals surface area contributed by atoms with Crippen LogP contribution in [0.1, 0.15) is 18.4 Å². The van der Waals surface area contributed by atoms with Crippen LogP contribution in [0.4, 0.5) is 4.39 Å². The van der Waals surface area contributed by atoms with Gasteiger partial charge in [-0.25, -0.2) is 13.9 Å². The maximum atomic E-state index is 13.5. The van der Waals surface area contributed by atoms with E-state index in [-0.39, 0.29) is 22.7 Å². The average Bonchev–Trinajstić information content (AvgIpc) is 3.14. The van der Waals surface area contributed by atoms with Crippen LogP contribution in [0.2, 0.25) is 5.02 Å². The number of allylic oxidation sites excluding steroid dienone is 3. The molecule has 27 heavy (non-hydrogen) atoms. The Morgan fingerprint density at radius 3 is 2.89 bits per heavy atom. The molecular formula is C17H14ClFN6O2. The van der Waals surface area contributed by atoms with E-state index in [2.05, 4.69) is 26.9 Å². The maximum absolute atomic E-state index is 13.5. The summed E-state index contributed by atoms with van der Waals surface area (Å²) < 4.78 is 19.9. The number of ether oxygens (including phenoxy) is 1. The van der Waals surface area contributed by atoms with E-state index in [1.54, 1.807) is 6.92 Å². The average molecular weight is 389 g/mol. The third kappa shape index (κ3) is 3.52. The van der Waals surface area contributed by atoms with Gasteiger partial charge in [0.25, 0.3) is 0 Å². The first-order valence-electron chi connectivity index (χ1n) is 7.81. The molecule has 0 bridgehead atoms. The molecule has 3 rings (SSSR count). The van der Waals surface area contributed by atoms with E-state index in [9.17, 15) is 14.4 Å². The molecule has 1 aromatic carbocycles. The summed E-state index contributed by atoms with van der Waals surface area (Å²) in [6.45, 7) is 1.85. The molecule has 10 heteroatoms. The summed E-state index contributed by atoms with van der Waals surface area (Å²) in [7, 11) is 1.24. The zero-order chi connectivity index (χ0) is 19.6. The van der Waals surface area contributed by atoms with Gasteiger partial charge in [0.05, 0.1) is 36.8 Å². The Bertz CT molecular complexity index is 993. The van der Waals surface area contributed by atoms with Crippen LogP contribution in [0.15, 0.2) is 47.1 Å². The van der Waals surface area contributed by atoms with Crippen molar-refractivity contribution in [3.63, 3.8) is 0 Å². The first-order chi connectivity index (χ1) is 13.0. The van der Waals surface area contributed by atoms with Crippen LogP contribution in [0, 0.1) is 17.1 Å². The van der Waals surface area contributed by atoms with E-state index in [0.29, 0.717) is 17.0 Å². The molecule has 1 atom stereocenters. The van der Waals surface area contributed by atoms with E-state index in [1.165, 1.54) is 30.3 Å². The molecule has 0 saturated carbocycles. The highest BCUT2D eigenvalue weighted by Crippen LogP contribution is 2.41. The second-order valence-corrected chi connectivity index (χ2v) is 6.17. The molecule has 1 unspecified atom stereocenters. The second kappa shape index (κ2) is 7.55. The minimum absolute atomic E-state index is 0.102. The largest absolute Gasteiger partial charge is 0.466 e. The predicted molar refractivity (Wildman–Crippen MR) is 92.5 cm³/mol. The van der Waals surface area contributed by atoms with Crippen molar-refractivity contribution in [2.24, 2.45) is 0 Å². The van der Waals surface area contributed by atoms with Gasteiger partial charge < -0.3 is 10.1 Å². The first kappa shape index (κ1) is 18.5. The summed E-state index contributed by atoms with van der Waals surface area (Å²) >= 11 is 6.23. The predicted octanol–water partition coefficient (Wildman–Crippen LogP) is 2.08. The molecule has 0 radical (unpaired) electrons. The lowest BCUT2D eigenvalue weighted by atomic mass is 9.80. The molecule has 2 heterocycles. The minimum Gasteiger partial charge on any atom is -0.466 e. The highest BCUT2D eigenvalue weighted by atomic mass is 35.5. The first-order valence-corrected chi connectivity index (χ1v) is 8.19. The third-order valence-electron chi connectivity index (χ3n) is 4.16. The van der Waals surface area contributed by atoms with Gasteiger partial charge in [-0.1, -0.05) is 17.7 Å². The van der Waals surface area contributed by atoms with E-state index in [0.717, 1.165) is 6.07 Å². The molecule has 1 aliphatic heterocycles. The van der Waals surface area contributed by atoms with Gasteiger partial charge in [0, 0.05) is 16.4 Å². The number of carbonyl (C=O) groups is 1. The number of methoxy groups -OCH3 is 1. The van der Waals surface area contributed by atoms with Crippen molar-refractivity contribution in [2.45, 2.75) is 19.4 Å². The lowest BCUT2D eigenvalue weighted by Gasteiger charge is -2.30. The standard InChI is InChI=1S/C17H14ClFN6O2/c1-9-12(6-20)15(11-4-3-10(19)5-13(11)18)16(17(26)27-2)14(22-9)7-25-8-21-23-24-25/h3-5,8,15,22H,7H2,1-2H3. The number of esters is 1. The van der Waals surface area contributed by atoms with Crippen molar-refractivity contribution in [1.29, 1.82) is 5.26 Å². The molecule has 0 spiro atoms. The summed E-state index contributed by atoms with van der Waals surface area (Å²) in [5.41, 5.74) is 1.88. The van der Waals surface area contributed by atoms with Crippen LogP contribution in [0.3, 0.4) is 0 Å². The Labute approximate surface area is 158 Å². The van der Waals surface area contributed by atoms with Gasteiger partial charge in [-0.3, -0.25) is 0 Å². The Kier molecular flexibility index (Phi) is 5.19. The van der Waals surface area contributed by atoms with Crippen LogP contribution in [0.25, 0.3) is 0 Å². The Hall–Kier alpha value is -3.25. The van der Waals surface area contributed by atoms with Crippen molar-refractivity contribution in [3.8, 4) is 6.07 Å². The number of nitrogens with one attached hydrogen (secondary N) is 1. The summed E-state index contributed by atoms with van der Waals surface area (Å²) in [6.07, 6.45) is 1.39. The Morgan fingerprint density at radius 1 is 1.52 bits per heavy atom. The number of nitriles is 1. The molecule has 0 fully saturated rings. The quantitative estimate of drug-likeness (QED) is 0.799. The van der Waals surface area contributed by atoms with Crippen LogP contribution in [-0.4, -0.2) is 33.3 Å². The van der Waals surface area contributed by atoms with E-state index in [4.69, 9.17) is 16.3 Å². The van der Waals surface area contributed by atoms with E-state index in [1.807, 2.05) is 0 Å². The molecule has 2 aromatic rings. The maximum Gasteiger partial charge on any atom is 0.336 e. The number of rotatable bonds is 4. The molecule has 8 nitrogen and oxygen atoms in total. The van der Waals surface area contributed by atoms with Crippen molar-refractivity contribution < 1.29 is 13.9 Å². The Balaban J connectivity index is 2.22. The summed E-state index contributed by atoms with van der Waals surface area (Å²) in [5, 5.41) is 23.8. The van der Waals surface area contributed by atoms with Crippen molar-refractivity contribution in [2.75, 3.05) is 7.11 Å². The van der Waals surface area contributed by atoms with Gasteiger partial charge in [0.1, 0.15) is 12.1 Å². The van der Waals surface area contributed by atoms with Crippen LogP contribution in [-0.2, 0) is 16.1 Å². The third-order valence-corrected chi connectivity index (χ3v) is 4.48. The molecule has 1 aliphatic rings.